The van der Waals surface area contributed by atoms with Gasteiger partial charge in [-0.25, -0.2) is 4.39 Å². The van der Waals surface area contributed by atoms with Crippen molar-refractivity contribution in [2.45, 2.75) is 32.6 Å². The van der Waals surface area contributed by atoms with Crippen LogP contribution in [0.1, 0.15) is 20.3 Å². The van der Waals surface area contributed by atoms with Gasteiger partial charge in [0.05, 0.1) is 6.61 Å². The van der Waals surface area contributed by atoms with Crippen LogP contribution >= 0.6 is 0 Å². The molecule has 0 aromatic carbocycles. The molecule has 1 atom stereocenters. The van der Waals surface area contributed by atoms with Gasteiger partial charge in [-0.15, -0.1) is 0 Å². The quantitative estimate of drug-likeness (QED) is 0.539. The third-order valence-corrected chi connectivity index (χ3v) is 1.98. The Labute approximate surface area is 67.3 Å². The Morgan fingerprint density at radius 1 is 1.55 bits per heavy atom. The summed E-state index contributed by atoms with van der Waals surface area (Å²) in [4.78, 5) is 1.84. The first-order chi connectivity index (χ1) is 5.22. The molecule has 0 spiro atoms. The predicted molar refractivity (Wildman–Crippen MR) is 42.2 cm³/mol. The highest BCUT2D eigenvalue weighted by molar-refractivity contribution is 4.68. The van der Waals surface area contributed by atoms with Gasteiger partial charge in [-0.3, -0.25) is 4.90 Å². The first kappa shape index (κ1) is 8.94. The highest BCUT2D eigenvalue weighted by Gasteiger charge is 2.22. The fraction of sp³-hybridized carbons (Fsp3) is 1.00. The smallest absolute Gasteiger partial charge is 0.177 e. The molecule has 1 aliphatic rings. The Hall–Kier alpha value is -0.150. The zero-order valence-corrected chi connectivity index (χ0v) is 7.22. The maximum Gasteiger partial charge on any atom is 0.177 e. The summed E-state index contributed by atoms with van der Waals surface area (Å²) < 4.78 is 18.2. The van der Waals surface area contributed by atoms with E-state index in [1.54, 1.807) is 0 Å². The molecule has 1 saturated heterocycles. The van der Waals surface area contributed by atoms with Crippen molar-refractivity contribution in [3.8, 4) is 0 Å². The molecule has 0 unspecified atom stereocenters. The van der Waals surface area contributed by atoms with Gasteiger partial charge in [0.15, 0.2) is 6.30 Å². The number of hydrogen-bond donors (Lipinski definition) is 0. The minimum Gasteiger partial charge on any atom is -0.377 e. The van der Waals surface area contributed by atoms with Crippen LogP contribution in [-0.4, -0.2) is 37.0 Å². The lowest BCUT2D eigenvalue weighted by Gasteiger charge is -2.26. The van der Waals surface area contributed by atoms with Gasteiger partial charge in [-0.05, 0) is 20.3 Å². The van der Waals surface area contributed by atoms with E-state index in [-0.39, 0.29) is 12.6 Å². The van der Waals surface area contributed by atoms with Crippen molar-refractivity contribution in [2.24, 2.45) is 0 Å². The Kier molecular flexibility index (Phi) is 3.27. The number of nitrogens with zero attached hydrogens (tertiary/aromatic N) is 1. The van der Waals surface area contributed by atoms with Crippen molar-refractivity contribution < 1.29 is 9.13 Å². The number of ether oxygens (including phenoxy) is 1. The normalized spacial score (nSPS) is 28.9. The molecule has 1 aliphatic heterocycles. The van der Waals surface area contributed by atoms with Gasteiger partial charge in [0.2, 0.25) is 0 Å². The molecule has 11 heavy (non-hydrogen) atoms. The van der Waals surface area contributed by atoms with Crippen LogP contribution in [0.15, 0.2) is 0 Å². The summed E-state index contributed by atoms with van der Waals surface area (Å²) in [5, 5.41) is 0. The van der Waals surface area contributed by atoms with Gasteiger partial charge in [0, 0.05) is 19.2 Å². The molecule has 0 N–H and O–H groups in total. The molecule has 0 radical (unpaired) electrons. The average molecular weight is 161 g/mol. The van der Waals surface area contributed by atoms with E-state index < -0.39 is 6.30 Å². The van der Waals surface area contributed by atoms with E-state index in [0.29, 0.717) is 6.61 Å². The van der Waals surface area contributed by atoms with Crippen molar-refractivity contribution >= 4 is 0 Å². The molecule has 3 heteroatoms. The Balaban J connectivity index is 2.45. The summed E-state index contributed by atoms with van der Waals surface area (Å²) in [6, 6.07) is 0.284. The lowest BCUT2D eigenvalue weighted by molar-refractivity contribution is 0.0112. The summed E-state index contributed by atoms with van der Waals surface area (Å²) in [6.07, 6.45) is 0.0380. The second-order valence-corrected chi connectivity index (χ2v) is 3.19. The molecule has 2 nitrogen and oxygen atoms in total. The fourth-order valence-corrected chi connectivity index (χ4v) is 1.35. The Morgan fingerprint density at radius 2 is 2.27 bits per heavy atom. The fourth-order valence-electron chi connectivity index (χ4n) is 1.35. The number of rotatable bonds is 1. The van der Waals surface area contributed by atoms with Crippen LogP contribution in [0.25, 0.3) is 0 Å². The second-order valence-electron chi connectivity index (χ2n) is 3.19. The van der Waals surface area contributed by atoms with E-state index in [2.05, 4.69) is 0 Å². The molecule has 1 fully saturated rings. The van der Waals surface area contributed by atoms with Gasteiger partial charge >= 0.3 is 0 Å². The minimum absolute atomic E-state index is 0.234. The standard InChI is InChI=1S/C8H16FNO/c1-7(2)10-4-3-5-11-6-8(10)9/h7-8H,3-6H2,1-2H3/t8-/m1/s1. The first-order valence-electron chi connectivity index (χ1n) is 4.19. The van der Waals surface area contributed by atoms with E-state index in [0.717, 1.165) is 13.0 Å². The van der Waals surface area contributed by atoms with Gasteiger partial charge in [0.1, 0.15) is 0 Å². The molecule has 0 amide bonds. The maximum atomic E-state index is 13.2. The molecule has 0 saturated carbocycles. The van der Waals surface area contributed by atoms with Crippen LogP contribution in [0.4, 0.5) is 4.39 Å². The van der Waals surface area contributed by atoms with Crippen LogP contribution < -0.4 is 0 Å². The van der Waals surface area contributed by atoms with E-state index in [4.69, 9.17) is 4.74 Å². The lowest BCUT2D eigenvalue weighted by atomic mass is 10.3. The number of halogens is 1. The van der Waals surface area contributed by atoms with Crippen LogP contribution in [0.5, 0.6) is 0 Å². The molecule has 0 aromatic rings. The largest absolute Gasteiger partial charge is 0.377 e. The second kappa shape index (κ2) is 4.02. The predicted octanol–water partition coefficient (Wildman–Crippen LogP) is 1.41. The molecule has 66 valence electrons. The van der Waals surface area contributed by atoms with E-state index in [1.165, 1.54) is 0 Å². The van der Waals surface area contributed by atoms with Crippen LogP contribution in [0.3, 0.4) is 0 Å². The monoisotopic (exact) mass is 161 g/mol. The van der Waals surface area contributed by atoms with Crippen LogP contribution in [0.2, 0.25) is 0 Å². The summed E-state index contributed by atoms with van der Waals surface area (Å²) in [6.45, 7) is 5.77. The van der Waals surface area contributed by atoms with Crippen molar-refractivity contribution in [3.05, 3.63) is 0 Å². The van der Waals surface area contributed by atoms with Gasteiger partial charge in [0.25, 0.3) is 0 Å². The zero-order valence-electron chi connectivity index (χ0n) is 7.22. The van der Waals surface area contributed by atoms with Crippen molar-refractivity contribution in [1.29, 1.82) is 0 Å². The highest BCUT2D eigenvalue weighted by Crippen LogP contribution is 2.11. The number of hydrogen-bond acceptors (Lipinski definition) is 2. The molecular formula is C8H16FNO. The summed E-state index contributed by atoms with van der Waals surface area (Å²) in [5.41, 5.74) is 0. The third kappa shape index (κ3) is 2.42. The summed E-state index contributed by atoms with van der Waals surface area (Å²) in [7, 11) is 0. The van der Waals surface area contributed by atoms with Gasteiger partial charge in [-0.2, -0.15) is 0 Å². The summed E-state index contributed by atoms with van der Waals surface area (Å²) >= 11 is 0. The zero-order chi connectivity index (χ0) is 8.27. The number of alkyl halides is 1. The molecular weight excluding hydrogens is 145 g/mol. The van der Waals surface area contributed by atoms with Crippen LogP contribution in [-0.2, 0) is 4.74 Å². The van der Waals surface area contributed by atoms with Gasteiger partial charge in [-0.1, -0.05) is 0 Å². The van der Waals surface area contributed by atoms with Crippen molar-refractivity contribution in [1.82, 2.24) is 4.90 Å². The highest BCUT2D eigenvalue weighted by atomic mass is 19.1. The average Bonchev–Trinajstić information content (AvgIpc) is 2.13. The van der Waals surface area contributed by atoms with E-state index >= 15 is 0 Å². The third-order valence-electron chi connectivity index (χ3n) is 1.98. The van der Waals surface area contributed by atoms with Crippen LogP contribution in [0, 0.1) is 0 Å². The Morgan fingerprint density at radius 3 is 2.91 bits per heavy atom. The first-order valence-corrected chi connectivity index (χ1v) is 4.19. The van der Waals surface area contributed by atoms with Gasteiger partial charge < -0.3 is 4.74 Å². The van der Waals surface area contributed by atoms with E-state index in [9.17, 15) is 4.39 Å². The topological polar surface area (TPSA) is 12.5 Å². The molecule has 1 heterocycles. The van der Waals surface area contributed by atoms with E-state index in [1.807, 2.05) is 18.7 Å². The molecule has 0 aromatic heterocycles. The molecule has 0 bridgehead atoms. The SMILES string of the molecule is CC(C)N1CCCOC[C@@H]1F. The lowest BCUT2D eigenvalue weighted by Crippen LogP contribution is -2.39. The molecule has 1 rings (SSSR count). The van der Waals surface area contributed by atoms with Crippen molar-refractivity contribution in [3.63, 3.8) is 0 Å². The minimum atomic E-state index is -0.905. The van der Waals surface area contributed by atoms with Crippen molar-refractivity contribution in [2.75, 3.05) is 19.8 Å². The molecule has 0 aliphatic carbocycles. The maximum absolute atomic E-state index is 13.2. The Bertz CT molecular complexity index is 119. The summed E-state index contributed by atoms with van der Waals surface area (Å²) in [5.74, 6) is 0.